The molecule has 1 saturated carbocycles. The van der Waals surface area contributed by atoms with E-state index in [-0.39, 0.29) is 17.8 Å². The lowest BCUT2D eigenvalue weighted by Gasteiger charge is -2.30. The van der Waals surface area contributed by atoms with Gasteiger partial charge in [0.05, 0.1) is 5.92 Å². The van der Waals surface area contributed by atoms with E-state index in [9.17, 15) is 14.7 Å². The molecule has 0 radical (unpaired) electrons. The summed E-state index contributed by atoms with van der Waals surface area (Å²) in [6.07, 6.45) is 19.0. The number of carboxylic acids is 2. The maximum absolute atomic E-state index is 11.7. The van der Waals surface area contributed by atoms with Crippen LogP contribution in [0.25, 0.3) is 0 Å². The number of carbonyl (C=O) groups is 2. The molecule has 0 saturated heterocycles. The minimum absolute atomic E-state index is 0.238. The van der Waals surface area contributed by atoms with Gasteiger partial charge in [-0.1, -0.05) is 84.5 Å². The van der Waals surface area contributed by atoms with Crippen LogP contribution in [0.1, 0.15) is 123 Å². The van der Waals surface area contributed by atoms with Crippen LogP contribution in [0.3, 0.4) is 0 Å². The Labute approximate surface area is 172 Å². The fraction of sp³-hybridized carbons (Fsp3) is 0.917. The minimum atomic E-state index is -0.701. The maximum atomic E-state index is 11.7. The van der Waals surface area contributed by atoms with Crippen molar-refractivity contribution in [3.63, 3.8) is 0 Å². The molecule has 4 nitrogen and oxygen atoms in total. The number of rotatable bonds is 19. The predicted octanol–water partition coefficient (Wildman–Crippen LogP) is 7.06. The van der Waals surface area contributed by atoms with Crippen LogP contribution in [0, 0.1) is 17.3 Å². The fourth-order valence-electron chi connectivity index (χ4n) is 4.83. The highest BCUT2D eigenvalue weighted by Crippen LogP contribution is 2.59. The van der Waals surface area contributed by atoms with E-state index < -0.39 is 11.9 Å². The highest BCUT2D eigenvalue weighted by molar-refractivity contribution is 5.70. The van der Waals surface area contributed by atoms with E-state index in [1.807, 2.05) is 6.92 Å². The Kier molecular flexibility index (Phi) is 12.5. The smallest absolute Gasteiger partial charge is 0.306 e. The van der Waals surface area contributed by atoms with Crippen LogP contribution in [-0.2, 0) is 9.59 Å². The second-order valence-electron chi connectivity index (χ2n) is 9.17. The predicted molar refractivity (Wildman–Crippen MR) is 115 cm³/mol. The van der Waals surface area contributed by atoms with Gasteiger partial charge in [0.2, 0.25) is 0 Å². The molecule has 2 N–H and O–H groups in total. The molecule has 2 unspecified atom stereocenters. The molecule has 0 bridgehead atoms. The van der Waals surface area contributed by atoms with Crippen LogP contribution in [0.2, 0.25) is 0 Å². The van der Waals surface area contributed by atoms with Gasteiger partial charge in [0.1, 0.15) is 0 Å². The van der Waals surface area contributed by atoms with Gasteiger partial charge in [-0.25, -0.2) is 0 Å². The molecule has 164 valence electrons. The highest BCUT2D eigenvalue weighted by atomic mass is 16.4. The largest absolute Gasteiger partial charge is 0.481 e. The average molecular weight is 397 g/mol. The number of carboxylic acid groups (broad SMARTS) is 2. The van der Waals surface area contributed by atoms with Gasteiger partial charge in [0, 0.05) is 6.42 Å². The van der Waals surface area contributed by atoms with Crippen molar-refractivity contribution in [1.29, 1.82) is 0 Å². The third-order valence-electron chi connectivity index (χ3n) is 6.86. The van der Waals surface area contributed by atoms with Gasteiger partial charge in [0.15, 0.2) is 0 Å². The van der Waals surface area contributed by atoms with Crippen molar-refractivity contribution >= 4 is 11.9 Å². The summed E-state index contributed by atoms with van der Waals surface area (Å²) in [5, 5.41) is 18.3. The lowest BCUT2D eigenvalue weighted by Crippen LogP contribution is -2.29. The topological polar surface area (TPSA) is 74.6 Å². The van der Waals surface area contributed by atoms with Crippen molar-refractivity contribution in [3.05, 3.63) is 0 Å². The summed E-state index contributed by atoms with van der Waals surface area (Å²) in [4.78, 5) is 22.2. The minimum Gasteiger partial charge on any atom is -0.481 e. The monoisotopic (exact) mass is 396 g/mol. The average Bonchev–Trinajstić information content (AvgIpc) is 3.43. The molecule has 0 amide bonds. The van der Waals surface area contributed by atoms with Crippen LogP contribution in [0.15, 0.2) is 0 Å². The maximum Gasteiger partial charge on any atom is 0.306 e. The lowest BCUT2D eigenvalue weighted by molar-refractivity contribution is -0.144. The summed E-state index contributed by atoms with van der Waals surface area (Å²) >= 11 is 0. The van der Waals surface area contributed by atoms with Crippen molar-refractivity contribution in [2.45, 2.75) is 123 Å². The van der Waals surface area contributed by atoms with Crippen molar-refractivity contribution < 1.29 is 19.8 Å². The molecule has 0 spiro atoms. The zero-order valence-electron chi connectivity index (χ0n) is 18.4. The normalized spacial score (nSPS) is 17.2. The number of hydrogen-bond donors (Lipinski definition) is 2. The second kappa shape index (κ2) is 14.0. The first-order valence-electron chi connectivity index (χ1n) is 11.9. The summed E-state index contributed by atoms with van der Waals surface area (Å²) in [6, 6.07) is 0. The lowest BCUT2D eigenvalue weighted by atomic mass is 9.74. The van der Waals surface area contributed by atoms with Gasteiger partial charge in [-0.3, -0.25) is 9.59 Å². The Morgan fingerprint density at radius 2 is 1.36 bits per heavy atom. The molecule has 0 aliphatic heterocycles. The van der Waals surface area contributed by atoms with Crippen molar-refractivity contribution in [2.24, 2.45) is 17.3 Å². The second-order valence-corrected chi connectivity index (χ2v) is 9.17. The van der Waals surface area contributed by atoms with Gasteiger partial charge in [0.25, 0.3) is 0 Å². The number of unbranched alkanes of at least 4 members (excludes halogenated alkanes) is 10. The Hall–Kier alpha value is -1.06. The highest BCUT2D eigenvalue weighted by Gasteiger charge is 2.50. The van der Waals surface area contributed by atoms with Gasteiger partial charge in [-0.05, 0) is 43.4 Å². The summed E-state index contributed by atoms with van der Waals surface area (Å²) in [5.41, 5.74) is 0.279. The first-order valence-corrected chi connectivity index (χ1v) is 11.9. The summed E-state index contributed by atoms with van der Waals surface area (Å²) in [7, 11) is 0. The van der Waals surface area contributed by atoms with E-state index in [4.69, 9.17) is 5.11 Å². The quantitative estimate of drug-likeness (QED) is 0.229. The molecule has 0 heterocycles. The SMILES string of the molecule is CCCCCCCCCC(C(C)C(=O)O)C1(CCCCCCCC(=O)O)CC1. The molecule has 1 aliphatic carbocycles. The van der Waals surface area contributed by atoms with Crippen LogP contribution in [-0.4, -0.2) is 22.2 Å². The van der Waals surface area contributed by atoms with Gasteiger partial charge >= 0.3 is 11.9 Å². The zero-order chi connectivity index (χ0) is 20.8. The molecular weight excluding hydrogens is 352 g/mol. The van der Waals surface area contributed by atoms with E-state index in [0.29, 0.717) is 5.92 Å². The van der Waals surface area contributed by atoms with E-state index in [1.54, 1.807) is 0 Å². The molecule has 1 rings (SSSR count). The first kappa shape index (κ1) is 25.0. The zero-order valence-corrected chi connectivity index (χ0v) is 18.4. The third-order valence-corrected chi connectivity index (χ3v) is 6.86. The van der Waals surface area contributed by atoms with Gasteiger partial charge in [-0.15, -0.1) is 0 Å². The summed E-state index contributed by atoms with van der Waals surface area (Å²) < 4.78 is 0. The Bertz CT molecular complexity index is 442. The molecule has 28 heavy (non-hydrogen) atoms. The Morgan fingerprint density at radius 1 is 0.821 bits per heavy atom. The fourth-order valence-corrected chi connectivity index (χ4v) is 4.83. The van der Waals surface area contributed by atoms with Gasteiger partial charge < -0.3 is 10.2 Å². The van der Waals surface area contributed by atoms with Crippen molar-refractivity contribution in [2.75, 3.05) is 0 Å². The molecule has 2 atom stereocenters. The molecule has 0 aromatic heterocycles. The van der Waals surface area contributed by atoms with Crippen LogP contribution >= 0.6 is 0 Å². The third kappa shape index (κ3) is 9.93. The molecule has 0 aromatic carbocycles. The summed E-state index contributed by atoms with van der Waals surface area (Å²) in [5.74, 6) is -1.24. The number of aliphatic carboxylic acids is 2. The van der Waals surface area contributed by atoms with Crippen molar-refractivity contribution in [1.82, 2.24) is 0 Å². The Balaban J connectivity index is 2.33. The molecule has 1 aliphatic rings. The van der Waals surface area contributed by atoms with Crippen LogP contribution in [0.4, 0.5) is 0 Å². The standard InChI is InChI=1S/C24H44O4/c1-3-4-5-6-7-9-12-15-21(20(2)23(27)28)24(18-19-24)17-14-11-8-10-13-16-22(25)26/h20-21H,3-19H2,1-2H3,(H,25,26)(H,27,28). The van der Waals surface area contributed by atoms with Gasteiger partial charge in [-0.2, -0.15) is 0 Å². The first-order chi connectivity index (χ1) is 13.4. The number of hydrogen-bond acceptors (Lipinski definition) is 2. The van der Waals surface area contributed by atoms with E-state index in [1.165, 1.54) is 57.8 Å². The van der Waals surface area contributed by atoms with E-state index in [0.717, 1.165) is 44.9 Å². The van der Waals surface area contributed by atoms with E-state index in [2.05, 4.69) is 6.92 Å². The summed E-state index contributed by atoms with van der Waals surface area (Å²) in [6.45, 7) is 4.16. The van der Waals surface area contributed by atoms with Crippen molar-refractivity contribution in [3.8, 4) is 0 Å². The van der Waals surface area contributed by atoms with E-state index >= 15 is 0 Å². The van der Waals surface area contributed by atoms with Crippen LogP contribution < -0.4 is 0 Å². The molecule has 0 aromatic rings. The molecule has 4 heteroatoms. The molecule has 1 fully saturated rings. The van der Waals surface area contributed by atoms with Crippen LogP contribution in [0.5, 0.6) is 0 Å². The molecular formula is C24H44O4. The Morgan fingerprint density at radius 3 is 1.89 bits per heavy atom.